The van der Waals surface area contributed by atoms with E-state index in [1.165, 1.54) is 10.4 Å². The van der Waals surface area contributed by atoms with Crippen molar-refractivity contribution >= 4 is 49.6 Å². The average molecular weight is 387 g/mol. The van der Waals surface area contributed by atoms with Crippen LogP contribution < -0.4 is 10.4 Å². The van der Waals surface area contributed by atoms with E-state index in [-0.39, 0.29) is 5.56 Å². The number of rotatable bonds is 5. The van der Waals surface area contributed by atoms with E-state index in [1.807, 2.05) is 0 Å². The SMILES string of the molecule is C[Si](C)(C)c1cc(C(=S)c2ccc(C(=O)O)cc2)cc([Si](C)(C)C)c1. The number of benzene rings is 2. The van der Waals surface area contributed by atoms with Gasteiger partial charge in [-0.15, -0.1) is 0 Å². The maximum Gasteiger partial charge on any atom is 0.335 e. The van der Waals surface area contributed by atoms with E-state index in [1.54, 1.807) is 24.3 Å². The Morgan fingerprint density at radius 2 is 1.16 bits per heavy atom. The molecule has 25 heavy (non-hydrogen) atoms. The van der Waals surface area contributed by atoms with Crippen LogP contribution >= 0.6 is 12.2 Å². The summed E-state index contributed by atoms with van der Waals surface area (Å²) in [6.07, 6.45) is 0. The zero-order valence-electron chi connectivity index (χ0n) is 15.8. The highest BCUT2D eigenvalue weighted by Crippen LogP contribution is 2.15. The van der Waals surface area contributed by atoms with Gasteiger partial charge in [0.25, 0.3) is 0 Å². The van der Waals surface area contributed by atoms with Gasteiger partial charge >= 0.3 is 5.97 Å². The van der Waals surface area contributed by atoms with Crippen molar-refractivity contribution in [1.82, 2.24) is 0 Å². The van der Waals surface area contributed by atoms with Gasteiger partial charge in [0, 0.05) is 0 Å². The van der Waals surface area contributed by atoms with Crippen molar-refractivity contribution in [3.8, 4) is 0 Å². The molecular weight excluding hydrogens is 360 g/mol. The summed E-state index contributed by atoms with van der Waals surface area (Å²) >= 11 is 5.74. The number of hydrogen-bond acceptors (Lipinski definition) is 2. The third-order valence-corrected chi connectivity index (χ3v) is 8.83. The summed E-state index contributed by atoms with van der Waals surface area (Å²) in [5.74, 6) is -0.917. The highest BCUT2D eigenvalue weighted by Gasteiger charge is 2.23. The van der Waals surface area contributed by atoms with Crippen LogP contribution in [-0.4, -0.2) is 32.1 Å². The minimum Gasteiger partial charge on any atom is -0.478 e. The largest absolute Gasteiger partial charge is 0.478 e. The molecule has 2 rings (SSSR count). The molecule has 0 bridgehead atoms. The van der Waals surface area contributed by atoms with Crippen LogP contribution in [0.1, 0.15) is 21.5 Å². The van der Waals surface area contributed by atoms with E-state index < -0.39 is 22.1 Å². The molecule has 0 unspecified atom stereocenters. The standard InChI is InChI=1S/C20H26O2SSi2/c1-24(2,3)17-11-16(12-18(13-17)25(4,5)6)19(23)14-7-9-15(10-8-14)20(21)22/h7-13H,1-6H3,(H,21,22). The molecular formula is C20H26O2SSi2. The highest BCUT2D eigenvalue weighted by atomic mass is 32.1. The van der Waals surface area contributed by atoms with Gasteiger partial charge in [-0.2, -0.15) is 0 Å². The molecule has 5 heteroatoms. The number of hydrogen-bond donors (Lipinski definition) is 1. The van der Waals surface area contributed by atoms with Gasteiger partial charge in [0.1, 0.15) is 0 Å². The summed E-state index contributed by atoms with van der Waals surface area (Å²) in [4.78, 5) is 11.8. The molecule has 0 fully saturated rings. The van der Waals surface area contributed by atoms with Crippen LogP contribution in [0.2, 0.25) is 39.3 Å². The molecule has 0 saturated heterocycles. The van der Waals surface area contributed by atoms with E-state index in [0.29, 0.717) is 0 Å². The molecule has 0 radical (unpaired) electrons. The topological polar surface area (TPSA) is 37.3 Å². The predicted octanol–water partition coefficient (Wildman–Crippen LogP) is 4.24. The summed E-state index contributed by atoms with van der Waals surface area (Å²) in [5.41, 5.74) is 2.26. The lowest BCUT2D eigenvalue weighted by molar-refractivity contribution is 0.0697. The highest BCUT2D eigenvalue weighted by molar-refractivity contribution is 7.81. The Morgan fingerprint density at radius 3 is 1.52 bits per heavy atom. The second kappa shape index (κ2) is 6.98. The molecule has 1 N–H and O–H groups in total. The van der Waals surface area contributed by atoms with Gasteiger partial charge in [-0.1, -0.05) is 92.2 Å². The molecule has 0 aliphatic heterocycles. The van der Waals surface area contributed by atoms with Crippen LogP contribution in [0.3, 0.4) is 0 Å². The Balaban J connectivity index is 2.53. The van der Waals surface area contributed by atoms with Crippen LogP contribution in [0.5, 0.6) is 0 Å². The summed E-state index contributed by atoms with van der Waals surface area (Å²) in [5, 5.41) is 11.9. The minimum atomic E-state index is -1.46. The summed E-state index contributed by atoms with van der Waals surface area (Å²) in [6.45, 7) is 14.1. The number of carbonyl (C=O) groups is 1. The lowest BCUT2D eigenvalue weighted by Gasteiger charge is -2.24. The lowest BCUT2D eigenvalue weighted by Crippen LogP contribution is -2.45. The van der Waals surface area contributed by atoms with Crippen LogP contribution in [0.25, 0.3) is 0 Å². The van der Waals surface area contributed by atoms with Crippen molar-refractivity contribution in [2.45, 2.75) is 39.3 Å². The lowest BCUT2D eigenvalue weighted by atomic mass is 10.0. The number of aromatic carboxylic acids is 1. The van der Waals surface area contributed by atoms with Crippen LogP contribution in [0.4, 0.5) is 0 Å². The van der Waals surface area contributed by atoms with Crippen molar-refractivity contribution in [3.63, 3.8) is 0 Å². The van der Waals surface area contributed by atoms with E-state index in [2.05, 4.69) is 57.5 Å². The van der Waals surface area contributed by atoms with Crippen molar-refractivity contribution in [1.29, 1.82) is 0 Å². The van der Waals surface area contributed by atoms with Gasteiger partial charge in [0.2, 0.25) is 0 Å². The molecule has 2 nitrogen and oxygen atoms in total. The van der Waals surface area contributed by atoms with E-state index in [0.717, 1.165) is 16.0 Å². The van der Waals surface area contributed by atoms with Crippen LogP contribution in [-0.2, 0) is 0 Å². The Bertz CT molecular complexity index is 781. The molecule has 0 aromatic heterocycles. The Morgan fingerprint density at radius 1 is 0.760 bits per heavy atom. The first-order valence-corrected chi connectivity index (χ1v) is 15.8. The minimum absolute atomic E-state index is 0.283. The first-order chi connectivity index (χ1) is 11.4. The maximum absolute atomic E-state index is 11.0. The second-order valence-electron chi connectivity index (χ2n) is 8.51. The monoisotopic (exact) mass is 386 g/mol. The molecule has 132 valence electrons. The van der Waals surface area contributed by atoms with Gasteiger partial charge < -0.3 is 5.11 Å². The average Bonchev–Trinajstić information content (AvgIpc) is 2.52. The molecule has 0 atom stereocenters. The third kappa shape index (κ3) is 4.74. The van der Waals surface area contributed by atoms with Gasteiger partial charge in [-0.25, -0.2) is 4.79 Å². The zero-order chi connectivity index (χ0) is 19.0. The normalized spacial score (nSPS) is 12.1. The maximum atomic E-state index is 11.0. The second-order valence-corrected chi connectivity index (χ2v) is 19.1. The first kappa shape index (κ1) is 19.8. The first-order valence-electron chi connectivity index (χ1n) is 8.44. The van der Waals surface area contributed by atoms with Crippen molar-refractivity contribution in [2.75, 3.05) is 0 Å². The zero-order valence-corrected chi connectivity index (χ0v) is 18.6. The Kier molecular flexibility index (Phi) is 5.51. The van der Waals surface area contributed by atoms with E-state index >= 15 is 0 Å². The van der Waals surface area contributed by atoms with Crippen LogP contribution in [0, 0.1) is 0 Å². The molecule has 0 amide bonds. The van der Waals surface area contributed by atoms with E-state index in [4.69, 9.17) is 17.3 Å². The van der Waals surface area contributed by atoms with Crippen molar-refractivity contribution < 1.29 is 9.90 Å². The Hall–Kier alpha value is -1.57. The van der Waals surface area contributed by atoms with Crippen molar-refractivity contribution in [2.24, 2.45) is 0 Å². The number of thiocarbonyl (C=S) groups is 1. The fourth-order valence-corrected chi connectivity index (χ4v) is 5.31. The van der Waals surface area contributed by atoms with Crippen molar-refractivity contribution in [3.05, 3.63) is 59.2 Å². The van der Waals surface area contributed by atoms with Gasteiger partial charge in [0.15, 0.2) is 0 Å². The molecule has 0 aliphatic carbocycles. The fourth-order valence-electron chi connectivity index (χ4n) is 2.56. The third-order valence-electron chi connectivity index (χ3n) is 4.32. The van der Waals surface area contributed by atoms with Gasteiger partial charge in [0.05, 0.1) is 26.6 Å². The smallest absolute Gasteiger partial charge is 0.335 e. The quantitative estimate of drug-likeness (QED) is 0.474. The molecule has 2 aromatic carbocycles. The molecule has 2 aromatic rings. The van der Waals surface area contributed by atoms with E-state index in [9.17, 15) is 4.79 Å². The molecule has 0 spiro atoms. The van der Waals surface area contributed by atoms with Gasteiger partial charge in [-0.3, -0.25) is 0 Å². The van der Waals surface area contributed by atoms with Crippen LogP contribution in [0.15, 0.2) is 42.5 Å². The summed E-state index contributed by atoms with van der Waals surface area (Å²) < 4.78 is 0. The predicted molar refractivity (Wildman–Crippen MR) is 117 cm³/mol. The summed E-state index contributed by atoms with van der Waals surface area (Å²) in [7, 11) is -2.92. The number of carboxylic acid groups (broad SMARTS) is 1. The summed E-state index contributed by atoms with van der Waals surface area (Å²) in [6, 6.07) is 13.7. The Labute approximate surface area is 157 Å². The number of carboxylic acids is 1. The molecule has 0 aliphatic rings. The van der Waals surface area contributed by atoms with Gasteiger partial charge in [-0.05, 0) is 23.3 Å². The molecule has 0 heterocycles. The molecule has 0 saturated carbocycles. The fraction of sp³-hybridized carbons (Fsp3) is 0.300.